The van der Waals surface area contributed by atoms with Crippen LogP contribution < -0.4 is 10.6 Å². The second-order valence-electron chi connectivity index (χ2n) is 6.66. The van der Waals surface area contributed by atoms with E-state index in [1.165, 1.54) is 5.56 Å². The number of unbranched alkanes of at least 4 members (excludes halogenated alkanes) is 1. The zero-order valence-electron chi connectivity index (χ0n) is 18.0. The smallest absolute Gasteiger partial charge is 0.243 e. The largest absolute Gasteiger partial charge is 0.379 e. The van der Waals surface area contributed by atoms with E-state index in [1.54, 1.807) is 19.0 Å². The van der Waals surface area contributed by atoms with Crippen molar-refractivity contribution in [1.82, 2.24) is 15.5 Å². The van der Waals surface area contributed by atoms with Crippen LogP contribution in [0.5, 0.6) is 0 Å². The zero-order valence-corrected chi connectivity index (χ0v) is 20.3. The van der Waals surface area contributed by atoms with Crippen LogP contribution in [0.25, 0.3) is 0 Å². The van der Waals surface area contributed by atoms with Gasteiger partial charge in [-0.2, -0.15) is 0 Å². The molecule has 2 N–H and O–H groups in total. The number of carbonyl (C=O) groups excluding carboxylic acids is 1. The number of hydrogen-bond donors (Lipinski definition) is 2. The third kappa shape index (κ3) is 15.2. The molecule has 0 fully saturated rings. The zero-order chi connectivity index (χ0) is 20.5. The Morgan fingerprint density at radius 3 is 2.31 bits per heavy atom. The summed E-state index contributed by atoms with van der Waals surface area (Å²) >= 11 is 0. The summed E-state index contributed by atoms with van der Waals surface area (Å²) in [5.74, 6) is 0.658. The molecule has 0 aliphatic rings. The highest BCUT2D eigenvalue weighted by atomic mass is 127. The predicted octanol–water partition coefficient (Wildman–Crippen LogP) is 2.65. The van der Waals surface area contributed by atoms with Gasteiger partial charge in [0.05, 0.1) is 19.8 Å². The maximum atomic E-state index is 11.7. The first-order chi connectivity index (χ1) is 13.6. The highest BCUT2D eigenvalue weighted by Crippen LogP contribution is 2.00. The molecule has 29 heavy (non-hydrogen) atoms. The van der Waals surface area contributed by atoms with Gasteiger partial charge >= 0.3 is 0 Å². The van der Waals surface area contributed by atoms with Gasteiger partial charge in [-0.05, 0) is 18.4 Å². The van der Waals surface area contributed by atoms with E-state index in [9.17, 15) is 4.79 Å². The molecule has 166 valence electrons. The van der Waals surface area contributed by atoms with E-state index < -0.39 is 0 Å². The molecule has 0 aliphatic heterocycles. The third-order valence-electron chi connectivity index (χ3n) is 3.94. The Bertz CT molecular complexity index is 556. The summed E-state index contributed by atoms with van der Waals surface area (Å²) in [4.78, 5) is 17.6. The predicted molar refractivity (Wildman–Crippen MR) is 129 cm³/mol. The molecular weight excluding hydrogens is 483 g/mol. The molecule has 0 saturated heterocycles. The van der Waals surface area contributed by atoms with Gasteiger partial charge in [0, 0.05) is 33.8 Å². The van der Waals surface area contributed by atoms with Crippen LogP contribution in [0.1, 0.15) is 31.7 Å². The van der Waals surface area contributed by atoms with Crippen LogP contribution >= 0.6 is 24.0 Å². The van der Waals surface area contributed by atoms with Crippen molar-refractivity contribution in [3.05, 3.63) is 35.9 Å². The lowest BCUT2D eigenvalue weighted by Crippen LogP contribution is -2.39. The number of nitrogens with zero attached hydrogens (tertiary/aromatic N) is 2. The Morgan fingerprint density at radius 1 is 1.00 bits per heavy atom. The number of halogens is 1. The van der Waals surface area contributed by atoms with Gasteiger partial charge in [-0.1, -0.05) is 43.7 Å². The highest BCUT2D eigenvalue weighted by molar-refractivity contribution is 14.0. The summed E-state index contributed by atoms with van der Waals surface area (Å²) in [5.41, 5.74) is 1.17. The second kappa shape index (κ2) is 18.6. The van der Waals surface area contributed by atoms with E-state index >= 15 is 0 Å². The molecule has 0 saturated carbocycles. The quantitative estimate of drug-likeness (QED) is 0.171. The van der Waals surface area contributed by atoms with Crippen molar-refractivity contribution < 1.29 is 14.3 Å². The number of benzene rings is 1. The Morgan fingerprint density at radius 2 is 1.66 bits per heavy atom. The standard InChI is InChI=1S/C21H36N4O3.HI/c1-4-5-12-22-21(24-17-20(26)25(2)3)23-13-9-14-27-15-16-28-18-19-10-7-6-8-11-19;/h6-8,10-11H,4-5,9,12-18H2,1-3H3,(H2,22,23,24);1H. The number of aliphatic imine (C=N–C) groups is 1. The number of likely N-dealkylation sites (N-methyl/N-ethyl adjacent to an activating group) is 1. The van der Waals surface area contributed by atoms with Crippen molar-refractivity contribution in [3.63, 3.8) is 0 Å². The number of ether oxygens (including phenoxy) is 2. The summed E-state index contributed by atoms with van der Waals surface area (Å²) in [5, 5.41) is 6.51. The number of guanidine groups is 1. The van der Waals surface area contributed by atoms with Crippen LogP contribution in [-0.2, 0) is 20.9 Å². The molecule has 0 spiro atoms. The Balaban J connectivity index is 0.00000784. The number of nitrogens with one attached hydrogen (secondary N) is 2. The molecule has 8 heteroatoms. The first-order valence-electron chi connectivity index (χ1n) is 10.0. The van der Waals surface area contributed by atoms with Crippen molar-refractivity contribution in [2.75, 3.05) is 53.6 Å². The SMILES string of the molecule is CCCCNC(=NCC(=O)N(C)C)NCCCOCCOCc1ccccc1.I. The fourth-order valence-corrected chi connectivity index (χ4v) is 2.21. The molecule has 0 aliphatic carbocycles. The molecule has 1 aromatic rings. The van der Waals surface area contributed by atoms with Crippen LogP contribution in [0, 0.1) is 0 Å². The van der Waals surface area contributed by atoms with Crippen molar-refractivity contribution in [2.24, 2.45) is 4.99 Å². The van der Waals surface area contributed by atoms with Gasteiger partial charge in [-0.3, -0.25) is 4.79 Å². The normalized spacial score (nSPS) is 10.9. The summed E-state index contributed by atoms with van der Waals surface area (Å²) in [6, 6.07) is 10.1. The van der Waals surface area contributed by atoms with E-state index in [2.05, 4.69) is 22.5 Å². The minimum atomic E-state index is -0.0181. The van der Waals surface area contributed by atoms with E-state index in [0.29, 0.717) is 32.4 Å². The summed E-state index contributed by atoms with van der Waals surface area (Å²) in [7, 11) is 3.47. The number of rotatable bonds is 14. The van der Waals surface area contributed by atoms with Crippen LogP contribution in [0.4, 0.5) is 0 Å². The van der Waals surface area contributed by atoms with Gasteiger partial charge in [0.1, 0.15) is 6.54 Å². The fourth-order valence-electron chi connectivity index (χ4n) is 2.21. The monoisotopic (exact) mass is 520 g/mol. The summed E-state index contributed by atoms with van der Waals surface area (Å²) in [6.07, 6.45) is 3.03. The molecule has 1 aromatic carbocycles. The number of carbonyl (C=O) groups is 1. The molecule has 0 radical (unpaired) electrons. The Hall–Kier alpha value is -1.39. The Labute approximate surface area is 192 Å². The van der Waals surface area contributed by atoms with E-state index in [-0.39, 0.29) is 36.4 Å². The lowest BCUT2D eigenvalue weighted by Gasteiger charge is -2.13. The van der Waals surface area contributed by atoms with E-state index in [4.69, 9.17) is 9.47 Å². The summed E-state index contributed by atoms with van der Waals surface area (Å²) in [6.45, 7) is 6.29. The molecular formula is C21H37IN4O3. The van der Waals surface area contributed by atoms with Gasteiger partial charge in [-0.25, -0.2) is 4.99 Å². The van der Waals surface area contributed by atoms with Crippen molar-refractivity contribution in [1.29, 1.82) is 0 Å². The molecule has 0 aromatic heterocycles. The van der Waals surface area contributed by atoms with Crippen LogP contribution in [0.2, 0.25) is 0 Å². The van der Waals surface area contributed by atoms with Gasteiger partial charge in [0.15, 0.2) is 5.96 Å². The highest BCUT2D eigenvalue weighted by Gasteiger charge is 2.04. The van der Waals surface area contributed by atoms with Gasteiger partial charge in [0.2, 0.25) is 5.91 Å². The van der Waals surface area contributed by atoms with E-state index in [1.807, 2.05) is 30.3 Å². The van der Waals surface area contributed by atoms with Crippen molar-refractivity contribution in [3.8, 4) is 0 Å². The van der Waals surface area contributed by atoms with E-state index in [0.717, 1.165) is 32.4 Å². The lowest BCUT2D eigenvalue weighted by atomic mass is 10.2. The molecule has 7 nitrogen and oxygen atoms in total. The van der Waals surface area contributed by atoms with Crippen molar-refractivity contribution >= 4 is 35.8 Å². The number of amides is 1. The first kappa shape index (κ1) is 27.6. The van der Waals surface area contributed by atoms with Gasteiger partial charge in [0.25, 0.3) is 0 Å². The fraction of sp³-hybridized carbons (Fsp3) is 0.619. The number of hydrogen-bond acceptors (Lipinski definition) is 4. The minimum Gasteiger partial charge on any atom is -0.379 e. The molecule has 0 atom stereocenters. The maximum absolute atomic E-state index is 11.7. The van der Waals surface area contributed by atoms with Gasteiger partial charge < -0.3 is 25.0 Å². The average Bonchev–Trinajstić information content (AvgIpc) is 2.70. The van der Waals surface area contributed by atoms with Crippen LogP contribution in [0.15, 0.2) is 35.3 Å². The molecule has 0 heterocycles. The molecule has 1 amide bonds. The summed E-state index contributed by atoms with van der Waals surface area (Å²) < 4.78 is 11.2. The molecule has 0 bridgehead atoms. The second-order valence-corrected chi connectivity index (χ2v) is 6.66. The average molecular weight is 520 g/mol. The molecule has 1 rings (SSSR count). The van der Waals surface area contributed by atoms with Gasteiger partial charge in [-0.15, -0.1) is 24.0 Å². The lowest BCUT2D eigenvalue weighted by molar-refractivity contribution is -0.127. The van der Waals surface area contributed by atoms with Crippen LogP contribution in [-0.4, -0.2) is 70.3 Å². The minimum absolute atomic E-state index is 0. The Kier molecular flexibility index (Phi) is 17.7. The topological polar surface area (TPSA) is 75.2 Å². The molecule has 0 unspecified atom stereocenters. The maximum Gasteiger partial charge on any atom is 0.243 e. The first-order valence-corrected chi connectivity index (χ1v) is 10.0. The third-order valence-corrected chi connectivity index (χ3v) is 3.94. The van der Waals surface area contributed by atoms with Crippen molar-refractivity contribution in [2.45, 2.75) is 32.8 Å². The van der Waals surface area contributed by atoms with Crippen LogP contribution in [0.3, 0.4) is 0 Å².